The summed E-state index contributed by atoms with van der Waals surface area (Å²) < 4.78 is 0. The van der Waals surface area contributed by atoms with Crippen molar-refractivity contribution in [1.29, 1.82) is 5.26 Å². The van der Waals surface area contributed by atoms with Gasteiger partial charge in [-0.25, -0.2) is 0 Å². The van der Waals surface area contributed by atoms with Gasteiger partial charge in [0.05, 0.1) is 6.07 Å². The highest BCUT2D eigenvalue weighted by Crippen LogP contribution is 1.91. The second-order valence-electron chi connectivity index (χ2n) is 2.64. The van der Waals surface area contributed by atoms with Crippen LogP contribution in [0.4, 0.5) is 0 Å². The monoisotopic (exact) mass is 236 g/mol. The van der Waals surface area contributed by atoms with Crippen LogP contribution in [-0.4, -0.2) is 18.5 Å². The molecule has 0 aromatic carbocycles. The van der Waals surface area contributed by atoms with E-state index in [0.717, 1.165) is 13.4 Å². The molecule has 0 saturated heterocycles. The molecule has 0 aliphatic heterocycles. The Bertz CT molecular complexity index is 320. The van der Waals surface area contributed by atoms with Crippen LogP contribution in [-0.2, 0) is 4.79 Å². The second kappa shape index (κ2) is 16.3. The van der Waals surface area contributed by atoms with Crippen molar-refractivity contribution in [1.82, 2.24) is 0 Å². The zero-order valence-corrected chi connectivity index (χ0v) is 10.6. The summed E-state index contributed by atoms with van der Waals surface area (Å²) in [5.41, 5.74) is 6.96. The molecule has 0 saturated carbocycles. The maximum Gasteiger partial charge on any atom is 0.150 e. The van der Waals surface area contributed by atoms with Crippen molar-refractivity contribution in [3.05, 3.63) is 48.2 Å². The maximum absolute atomic E-state index is 9.94. The molecule has 0 aromatic rings. The van der Waals surface area contributed by atoms with Crippen molar-refractivity contribution in [3.8, 4) is 6.07 Å². The van der Waals surface area contributed by atoms with Crippen molar-refractivity contribution in [3.63, 3.8) is 0 Å². The lowest BCUT2D eigenvalue weighted by Crippen LogP contribution is -1.92. The number of carbonyl (C=O) groups excluding carboxylic acids is 1. The SMILES string of the molecule is C/C(N)=C(\C)C#N.C=C/C=C(\C=C)C=O.CO. The number of nitriles is 1. The fourth-order valence-electron chi connectivity index (χ4n) is 0.380. The standard InChI is InChI=1S/C7H8O.C5H8N2.CH4O/c1-3-5-7(4-2)6-8;1-4(3-6)5(2)7;1-2/h3-6H,1-2H2;7H2,1-2H3;2H,1H3/b7-5+;5-4-;. The molecule has 0 aliphatic rings. The smallest absolute Gasteiger partial charge is 0.150 e. The Balaban J connectivity index is -0.000000202. The summed E-state index contributed by atoms with van der Waals surface area (Å²) in [7, 11) is 1.00. The number of nitrogens with zero attached hydrogens (tertiary/aromatic N) is 1. The molecule has 17 heavy (non-hydrogen) atoms. The Hall–Kier alpha value is -2.12. The molecule has 4 heteroatoms. The number of nitrogens with two attached hydrogens (primary N) is 1. The van der Waals surface area contributed by atoms with Gasteiger partial charge in [0.15, 0.2) is 0 Å². The molecule has 0 fully saturated rings. The first-order valence-corrected chi connectivity index (χ1v) is 4.71. The van der Waals surface area contributed by atoms with E-state index in [-0.39, 0.29) is 0 Å². The molecule has 4 nitrogen and oxygen atoms in total. The van der Waals surface area contributed by atoms with Crippen LogP contribution in [0.25, 0.3) is 0 Å². The fourth-order valence-corrected chi connectivity index (χ4v) is 0.380. The summed E-state index contributed by atoms with van der Waals surface area (Å²) in [6.45, 7) is 10.2. The number of aldehydes is 1. The van der Waals surface area contributed by atoms with Gasteiger partial charge in [-0.05, 0) is 13.8 Å². The van der Waals surface area contributed by atoms with E-state index in [1.54, 1.807) is 26.0 Å². The van der Waals surface area contributed by atoms with Crippen molar-refractivity contribution < 1.29 is 9.90 Å². The third kappa shape index (κ3) is 16.5. The van der Waals surface area contributed by atoms with E-state index in [0.29, 0.717) is 16.8 Å². The molecular formula is C13H20N2O2. The Kier molecular flexibility index (Phi) is 19.5. The average Bonchev–Trinajstić information content (AvgIpc) is 2.37. The van der Waals surface area contributed by atoms with E-state index in [1.807, 2.05) is 6.07 Å². The van der Waals surface area contributed by atoms with Crippen LogP contribution < -0.4 is 5.73 Å². The van der Waals surface area contributed by atoms with Gasteiger partial charge in [0.1, 0.15) is 6.29 Å². The van der Waals surface area contributed by atoms with Crippen molar-refractivity contribution in [2.45, 2.75) is 13.8 Å². The molecule has 0 heterocycles. The molecule has 94 valence electrons. The first-order valence-electron chi connectivity index (χ1n) is 4.71. The van der Waals surface area contributed by atoms with E-state index in [9.17, 15) is 4.79 Å². The van der Waals surface area contributed by atoms with Gasteiger partial charge < -0.3 is 10.8 Å². The Morgan fingerprint density at radius 2 is 1.82 bits per heavy atom. The van der Waals surface area contributed by atoms with Crippen LogP contribution in [0, 0.1) is 11.3 Å². The second-order valence-corrected chi connectivity index (χ2v) is 2.64. The lowest BCUT2D eigenvalue weighted by molar-refractivity contribution is -0.104. The number of hydrogen-bond donors (Lipinski definition) is 2. The van der Waals surface area contributed by atoms with Gasteiger partial charge in [0.25, 0.3) is 0 Å². The molecule has 0 unspecified atom stereocenters. The Morgan fingerprint density at radius 3 is 1.88 bits per heavy atom. The lowest BCUT2D eigenvalue weighted by Gasteiger charge is -1.85. The van der Waals surface area contributed by atoms with Gasteiger partial charge in [-0.15, -0.1) is 0 Å². The summed E-state index contributed by atoms with van der Waals surface area (Å²) in [5, 5.41) is 15.1. The molecule has 0 spiro atoms. The summed E-state index contributed by atoms with van der Waals surface area (Å²) in [4.78, 5) is 9.94. The van der Waals surface area contributed by atoms with Gasteiger partial charge in [0.2, 0.25) is 0 Å². The zero-order valence-electron chi connectivity index (χ0n) is 10.6. The summed E-state index contributed by atoms with van der Waals surface area (Å²) in [6, 6.07) is 1.92. The number of aliphatic hydroxyl groups excluding tert-OH is 1. The van der Waals surface area contributed by atoms with E-state index in [2.05, 4.69) is 13.2 Å². The van der Waals surface area contributed by atoms with Crippen LogP contribution in [0.3, 0.4) is 0 Å². The minimum absolute atomic E-state index is 0.556. The number of allylic oxidation sites excluding steroid dienone is 6. The largest absolute Gasteiger partial charge is 0.401 e. The molecule has 0 radical (unpaired) electrons. The van der Waals surface area contributed by atoms with Crippen molar-refractivity contribution in [2.24, 2.45) is 5.73 Å². The van der Waals surface area contributed by atoms with Gasteiger partial charge in [-0.3, -0.25) is 4.79 Å². The molecule has 0 aromatic heterocycles. The highest BCUT2D eigenvalue weighted by molar-refractivity contribution is 5.77. The number of rotatable bonds is 3. The quantitative estimate of drug-likeness (QED) is 0.339. The van der Waals surface area contributed by atoms with Crippen LogP contribution in [0.5, 0.6) is 0 Å². The first-order chi connectivity index (χ1) is 8.03. The molecular weight excluding hydrogens is 216 g/mol. The highest BCUT2D eigenvalue weighted by atomic mass is 16.2. The third-order valence-corrected chi connectivity index (χ3v) is 1.44. The molecule has 3 N–H and O–H groups in total. The molecule has 0 aliphatic carbocycles. The fraction of sp³-hybridized carbons (Fsp3) is 0.231. The molecule has 0 rings (SSSR count). The number of carbonyl (C=O) groups is 1. The third-order valence-electron chi connectivity index (χ3n) is 1.44. The van der Waals surface area contributed by atoms with Gasteiger partial charge >= 0.3 is 0 Å². The first kappa shape index (κ1) is 20.3. The normalized spacial score (nSPS) is 10.2. The summed E-state index contributed by atoms with van der Waals surface area (Å²) in [6.07, 6.45) is 5.36. The lowest BCUT2D eigenvalue weighted by atomic mass is 10.3. The van der Waals surface area contributed by atoms with Crippen LogP contribution in [0.15, 0.2) is 48.2 Å². The van der Waals surface area contributed by atoms with Gasteiger partial charge in [-0.2, -0.15) is 5.26 Å². The van der Waals surface area contributed by atoms with E-state index >= 15 is 0 Å². The van der Waals surface area contributed by atoms with Gasteiger partial charge in [-0.1, -0.05) is 31.4 Å². The van der Waals surface area contributed by atoms with E-state index in [4.69, 9.17) is 16.1 Å². The Morgan fingerprint density at radius 1 is 1.35 bits per heavy atom. The summed E-state index contributed by atoms with van der Waals surface area (Å²) in [5.74, 6) is 0. The number of aliphatic hydroxyl groups is 1. The maximum atomic E-state index is 9.94. The molecule has 0 bridgehead atoms. The van der Waals surface area contributed by atoms with E-state index < -0.39 is 0 Å². The predicted octanol–water partition coefficient (Wildman–Crippen LogP) is 1.85. The van der Waals surface area contributed by atoms with Crippen LogP contribution in [0.1, 0.15) is 13.8 Å². The average molecular weight is 236 g/mol. The van der Waals surface area contributed by atoms with Gasteiger partial charge in [0, 0.05) is 24.0 Å². The van der Waals surface area contributed by atoms with Crippen molar-refractivity contribution in [2.75, 3.05) is 7.11 Å². The topological polar surface area (TPSA) is 87.1 Å². The minimum atomic E-state index is 0.556. The van der Waals surface area contributed by atoms with Crippen LogP contribution >= 0.6 is 0 Å². The molecule has 0 amide bonds. The number of hydrogen-bond acceptors (Lipinski definition) is 4. The molecule has 0 atom stereocenters. The Labute approximate surface area is 103 Å². The van der Waals surface area contributed by atoms with Crippen LogP contribution in [0.2, 0.25) is 0 Å². The highest BCUT2D eigenvalue weighted by Gasteiger charge is 1.83. The summed E-state index contributed by atoms with van der Waals surface area (Å²) >= 11 is 0. The predicted molar refractivity (Wildman–Crippen MR) is 70.9 cm³/mol. The van der Waals surface area contributed by atoms with Crippen molar-refractivity contribution >= 4 is 6.29 Å². The zero-order chi connectivity index (χ0) is 14.3. The minimum Gasteiger partial charge on any atom is -0.401 e. The van der Waals surface area contributed by atoms with E-state index in [1.165, 1.54) is 6.08 Å².